The number of carboxylic acid groups (broad SMARTS) is 1. The highest BCUT2D eigenvalue weighted by atomic mass is 16.4. The molecule has 2 rings (SSSR count). The van der Waals surface area contributed by atoms with Crippen molar-refractivity contribution in [2.45, 2.75) is 52.0 Å². The topological polar surface area (TPSA) is 77.9 Å². The molecule has 1 aromatic carbocycles. The van der Waals surface area contributed by atoms with Crippen molar-refractivity contribution in [1.29, 1.82) is 0 Å². The van der Waals surface area contributed by atoms with E-state index in [2.05, 4.69) is 19.1 Å². The molecule has 2 amide bonds. The van der Waals surface area contributed by atoms with Gasteiger partial charge >= 0.3 is 5.97 Å². The Bertz CT molecular complexity index is 659. The Morgan fingerprint density at radius 1 is 1.19 bits per heavy atom. The maximum absolute atomic E-state index is 12.6. The van der Waals surface area contributed by atoms with Crippen LogP contribution in [0.2, 0.25) is 0 Å². The van der Waals surface area contributed by atoms with Crippen LogP contribution < -0.4 is 0 Å². The van der Waals surface area contributed by atoms with E-state index in [-0.39, 0.29) is 24.4 Å². The summed E-state index contributed by atoms with van der Waals surface area (Å²) in [6.45, 7) is 4.41. The first kappa shape index (κ1) is 19.9. The summed E-state index contributed by atoms with van der Waals surface area (Å²) in [6, 6.07) is 7.97. The van der Waals surface area contributed by atoms with E-state index >= 15 is 0 Å². The molecule has 1 fully saturated rings. The van der Waals surface area contributed by atoms with Crippen LogP contribution in [-0.2, 0) is 20.8 Å². The van der Waals surface area contributed by atoms with Crippen LogP contribution in [0.1, 0.15) is 43.7 Å². The number of amides is 2. The highest BCUT2D eigenvalue weighted by Crippen LogP contribution is 2.19. The summed E-state index contributed by atoms with van der Waals surface area (Å²) in [5.74, 6) is -1.10. The van der Waals surface area contributed by atoms with Crippen LogP contribution in [0.25, 0.3) is 0 Å². The molecule has 1 atom stereocenters. The third-order valence-corrected chi connectivity index (χ3v) is 5.07. The van der Waals surface area contributed by atoms with E-state index in [1.165, 1.54) is 23.0 Å². The van der Waals surface area contributed by atoms with Gasteiger partial charge in [0.05, 0.1) is 0 Å². The van der Waals surface area contributed by atoms with Crippen LogP contribution in [0, 0.1) is 6.92 Å². The smallest absolute Gasteiger partial charge is 0.323 e. The number of nitrogens with zero attached hydrogens (tertiary/aromatic N) is 2. The van der Waals surface area contributed by atoms with Gasteiger partial charge < -0.3 is 14.9 Å². The van der Waals surface area contributed by atoms with E-state index in [9.17, 15) is 14.4 Å². The summed E-state index contributed by atoms with van der Waals surface area (Å²) in [7, 11) is 0. The Balaban J connectivity index is 1.90. The summed E-state index contributed by atoms with van der Waals surface area (Å²) < 4.78 is 0. The Labute approximate surface area is 154 Å². The summed E-state index contributed by atoms with van der Waals surface area (Å²) >= 11 is 0. The molecule has 0 radical (unpaired) electrons. The second kappa shape index (κ2) is 9.36. The van der Waals surface area contributed by atoms with E-state index in [1.54, 1.807) is 0 Å². The number of benzene rings is 1. The average Bonchev–Trinajstić information content (AvgIpc) is 2.84. The fraction of sp³-hybridized carbons (Fsp3) is 0.550. The van der Waals surface area contributed by atoms with Gasteiger partial charge in [-0.05, 0) is 43.7 Å². The molecule has 0 saturated carbocycles. The number of carboxylic acids is 1. The molecule has 1 aliphatic heterocycles. The number of rotatable bonds is 6. The van der Waals surface area contributed by atoms with Gasteiger partial charge in [-0.25, -0.2) is 0 Å². The normalized spacial score (nSPS) is 17.5. The van der Waals surface area contributed by atoms with Crippen LogP contribution in [0.15, 0.2) is 24.3 Å². The number of hydrogen-bond donors (Lipinski definition) is 1. The molecule has 0 spiro atoms. The van der Waals surface area contributed by atoms with Gasteiger partial charge in [0, 0.05) is 32.5 Å². The summed E-state index contributed by atoms with van der Waals surface area (Å²) in [5, 5.41) is 9.02. The maximum Gasteiger partial charge on any atom is 0.323 e. The quantitative estimate of drug-likeness (QED) is 0.844. The van der Waals surface area contributed by atoms with Crippen molar-refractivity contribution in [3.05, 3.63) is 35.4 Å². The van der Waals surface area contributed by atoms with E-state index in [4.69, 9.17) is 5.11 Å². The number of hydrogen-bond acceptors (Lipinski definition) is 3. The molecular weight excluding hydrogens is 332 g/mol. The lowest BCUT2D eigenvalue weighted by molar-refractivity contribution is -0.145. The molecule has 1 aliphatic rings. The zero-order chi connectivity index (χ0) is 19.1. The highest BCUT2D eigenvalue weighted by molar-refractivity contribution is 5.80. The molecule has 6 nitrogen and oxygen atoms in total. The van der Waals surface area contributed by atoms with E-state index < -0.39 is 5.97 Å². The molecule has 1 N–H and O–H groups in total. The number of aliphatic carboxylic acids is 1. The van der Waals surface area contributed by atoms with Crippen LogP contribution in [0.4, 0.5) is 0 Å². The van der Waals surface area contributed by atoms with Gasteiger partial charge in [-0.1, -0.05) is 24.3 Å². The Kier molecular flexibility index (Phi) is 7.18. The van der Waals surface area contributed by atoms with Gasteiger partial charge in [0.1, 0.15) is 6.54 Å². The predicted molar refractivity (Wildman–Crippen MR) is 98.7 cm³/mol. The predicted octanol–water partition coefficient (Wildman–Crippen LogP) is 2.24. The lowest BCUT2D eigenvalue weighted by Gasteiger charge is -2.28. The molecule has 0 aromatic heterocycles. The Morgan fingerprint density at radius 3 is 2.58 bits per heavy atom. The second-order valence-electron chi connectivity index (χ2n) is 6.93. The Morgan fingerprint density at radius 2 is 1.92 bits per heavy atom. The molecule has 142 valence electrons. The minimum absolute atomic E-state index is 0.113. The van der Waals surface area contributed by atoms with Crippen LogP contribution in [0.3, 0.4) is 0 Å². The van der Waals surface area contributed by atoms with Gasteiger partial charge in [0.15, 0.2) is 0 Å². The average molecular weight is 360 g/mol. The third kappa shape index (κ3) is 5.58. The van der Waals surface area contributed by atoms with Gasteiger partial charge in [0.25, 0.3) is 0 Å². The molecule has 1 aromatic rings. The number of carbonyl (C=O) groups is 3. The minimum atomic E-state index is -1.00. The SMILES string of the molecule is CC(=O)N(CC(=O)O)C1CCCN(C(=O)CCc2ccccc2C)CC1. The van der Waals surface area contributed by atoms with Gasteiger partial charge in [-0.2, -0.15) is 0 Å². The lowest BCUT2D eigenvalue weighted by atomic mass is 10.0. The molecule has 0 aliphatic carbocycles. The van der Waals surface area contributed by atoms with Crippen molar-refractivity contribution < 1.29 is 19.5 Å². The van der Waals surface area contributed by atoms with Crippen molar-refractivity contribution in [3.63, 3.8) is 0 Å². The monoisotopic (exact) mass is 360 g/mol. The van der Waals surface area contributed by atoms with Crippen LogP contribution in [0.5, 0.6) is 0 Å². The first-order valence-corrected chi connectivity index (χ1v) is 9.19. The molecule has 1 unspecified atom stereocenters. The van der Waals surface area contributed by atoms with Crippen LogP contribution >= 0.6 is 0 Å². The molecule has 26 heavy (non-hydrogen) atoms. The number of aryl methyl sites for hydroxylation is 2. The van der Waals surface area contributed by atoms with E-state index in [0.717, 1.165) is 19.3 Å². The molecule has 6 heteroatoms. The number of carbonyl (C=O) groups excluding carboxylic acids is 2. The van der Waals surface area contributed by atoms with Crippen molar-refractivity contribution >= 4 is 17.8 Å². The standard InChI is InChI=1S/C20H28N2O4/c1-15-6-3-4-7-17(15)9-10-19(24)21-12-5-8-18(11-13-21)22(16(2)23)14-20(25)26/h3-4,6-7,18H,5,8-14H2,1-2H3,(H,25,26). The third-order valence-electron chi connectivity index (χ3n) is 5.07. The molecular formula is C20H28N2O4. The zero-order valence-electron chi connectivity index (χ0n) is 15.6. The Hall–Kier alpha value is -2.37. The second-order valence-corrected chi connectivity index (χ2v) is 6.93. The summed E-state index contributed by atoms with van der Waals surface area (Å²) in [6.07, 6.45) is 3.34. The first-order chi connectivity index (χ1) is 12.4. The van der Waals surface area contributed by atoms with E-state index in [1.807, 2.05) is 17.0 Å². The largest absolute Gasteiger partial charge is 0.480 e. The maximum atomic E-state index is 12.6. The number of likely N-dealkylation sites (tertiary alicyclic amines) is 1. The van der Waals surface area contributed by atoms with Gasteiger partial charge in [0.2, 0.25) is 11.8 Å². The summed E-state index contributed by atoms with van der Waals surface area (Å²) in [4.78, 5) is 38.6. The van der Waals surface area contributed by atoms with Crippen molar-refractivity contribution in [2.75, 3.05) is 19.6 Å². The lowest BCUT2D eigenvalue weighted by Crippen LogP contribution is -2.43. The minimum Gasteiger partial charge on any atom is -0.480 e. The van der Waals surface area contributed by atoms with Gasteiger partial charge in [-0.3, -0.25) is 14.4 Å². The van der Waals surface area contributed by atoms with E-state index in [0.29, 0.717) is 25.9 Å². The fourth-order valence-corrected chi connectivity index (χ4v) is 3.57. The van der Waals surface area contributed by atoms with Crippen molar-refractivity contribution in [2.24, 2.45) is 0 Å². The first-order valence-electron chi connectivity index (χ1n) is 9.19. The fourth-order valence-electron chi connectivity index (χ4n) is 3.57. The van der Waals surface area contributed by atoms with Crippen molar-refractivity contribution in [1.82, 2.24) is 9.80 Å². The van der Waals surface area contributed by atoms with Crippen LogP contribution in [-0.4, -0.2) is 58.4 Å². The summed E-state index contributed by atoms with van der Waals surface area (Å²) in [5.41, 5.74) is 2.39. The van der Waals surface area contributed by atoms with Gasteiger partial charge in [-0.15, -0.1) is 0 Å². The van der Waals surface area contributed by atoms with Crippen molar-refractivity contribution in [3.8, 4) is 0 Å². The highest BCUT2D eigenvalue weighted by Gasteiger charge is 2.27. The molecule has 0 bridgehead atoms. The molecule has 1 heterocycles. The zero-order valence-corrected chi connectivity index (χ0v) is 15.6. The molecule has 1 saturated heterocycles.